The summed E-state index contributed by atoms with van der Waals surface area (Å²) in [7, 11) is 0. The van der Waals surface area contributed by atoms with Crippen molar-refractivity contribution in [1.82, 2.24) is 4.98 Å². The second kappa shape index (κ2) is 6.23. The minimum Gasteiger partial charge on any atom is -0.391 e. The van der Waals surface area contributed by atoms with Gasteiger partial charge in [-0.25, -0.2) is 4.98 Å². The second-order valence-electron chi connectivity index (χ2n) is 5.57. The molecule has 0 amide bonds. The molecule has 3 nitrogen and oxygen atoms in total. The first-order chi connectivity index (χ1) is 9.18. The van der Waals surface area contributed by atoms with Gasteiger partial charge in [0.25, 0.3) is 0 Å². The summed E-state index contributed by atoms with van der Waals surface area (Å²) in [6, 6.07) is 0. The average Bonchev–Trinajstić information content (AvgIpc) is 2.90. The van der Waals surface area contributed by atoms with Crippen LogP contribution in [0.25, 0.3) is 0 Å². The fourth-order valence-corrected chi connectivity index (χ4v) is 4.09. The Bertz CT molecular complexity index is 381. The van der Waals surface area contributed by atoms with Crippen LogP contribution < -0.4 is 4.90 Å². The molecule has 0 radical (unpaired) electrons. The fourth-order valence-electron chi connectivity index (χ4n) is 3.03. The van der Waals surface area contributed by atoms with E-state index in [1.807, 2.05) is 0 Å². The number of hydrogen-bond donors (Lipinski definition) is 1. The molecule has 1 aromatic heterocycles. The Morgan fingerprint density at radius 2 is 1.84 bits per heavy atom. The fraction of sp³-hybridized carbons (Fsp3) is 0.800. The van der Waals surface area contributed by atoms with E-state index in [1.165, 1.54) is 25.7 Å². The van der Waals surface area contributed by atoms with E-state index in [-0.39, 0.29) is 6.61 Å². The predicted octanol–water partition coefficient (Wildman–Crippen LogP) is 3.60. The average molecular weight is 282 g/mol. The van der Waals surface area contributed by atoms with Gasteiger partial charge in [0, 0.05) is 13.1 Å². The van der Waals surface area contributed by atoms with Gasteiger partial charge in [-0.05, 0) is 24.7 Å². The van der Waals surface area contributed by atoms with Crippen LogP contribution in [0.4, 0.5) is 5.13 Å². The maximum absolute atomic E-state index is 9.37. The van der Waals surface area contributed by atoms with Crippen LogP contribution in [0.3, 0.4) is 0 Å². The number of hydrogen-bond acceptors (Lipinski definition) is 4. The normalized spacial score (nSPS) is 18.8. The zero-order chi connectivity index (χ0) is 13.9. The highest BCUT2D eigenvalue weighted by molar-refractivity contribution is 7.15. The highest BCUT2D eigenvalue weighted by Crippen LogP contribution is 2.40. The van der Waals surface area contributed by atoms with Crippen LogP contribution in [0.5, 0.6) is 0 Å². The van der Waals surface area contributed by atoms with Gasteiger partial charge in [0.05, 0.1) is 17.2 Å². The van der Waals surface area contributed by atoms with E-state index in [2.05, 4.69) is 25.7 Å². The smallest absolute Gasteiger partial charge is 0.185 e. The maximum atomic E-state index is 9.37. The molecule has 108 valence electrons. The minimum atomic E-state index is 0.128. The number of aliphatic hydroxyl groups excluding tert-OH is 1. The molecule has 0 saturated carbocycles. The molecule has 1 aliphatic heterocycles. The molecule has 1 aromatic rings. The van der Waals surface area contributed by atoms with Crippen molar-refractivity contribution in [2.24, 2.45) is 5.41 Å². The number of thiazole rings is 1. The Morgan fingerprint density at radius 3 is 2.26 bits per heavy atom. The van der Waals surface area contributed by atoms with Crippen molar-refractivity contribution < 1.29 is 5.11 Å². The molecule has 1 aliphatic rings. The molecule has 0 aromatic carbocycles. The molecule has 19 heavy (non-hydrogen) atoms. The molecule has 1 N–H and O–H groups in total. The maximum Gasteiger partial charge on any atom is 0.185 e. The SMILES string of the molecule is CCc1nc(N2CCC(CC)(CC)CC2)sc1CO. The standard InChI is InChI=1S/C15H26N2OS/c1-4-12-13(11-18)19-14(16-12)17-9-7-15(5-2,6-3)8-10-17/h18H,4-11H2,1-3H3. The van der Waals surface area contributed by atoms with Gasteiger partial charge >= 0.3 is 0 Å². The summed E-state index contributed by atoms with van der Waals surface area (Å²) >= 11 is 1.67. The van der Waals surface area contributed by atoms with Crippen LogP contribution in [-0.2, 0) is 13.0 Å². The third-order valence-corrected chi connectivity index (χ3v) is 5.98. The lowest BCUT2D eigenvalue weighted by Gasteiger charge is -2.40. The number of anilines is 1. The van der Waals surface area contributed by atoms with E-state index in [4.69, 9.17) is 4.98 Å². The predicted molar refractivity (Wildman–Crippen MR) is 81.9 cm³/mol. The largest absolute Gasteiger partial charge is 0.391 e. The first-order valence-electron chi connectivity index (χ1n) is 7.52. The Kier molecular flexibility index (Phi) is 4.85. The number of nitrogens with zero attached hydrogens (tertiary/aromatic N) is 2. The molecular weight excluding hydrogens is 256 g/mol. The summed E-state index contributed by atoms with van der Waals surface area (Å²) in [5.41, 5.74) is 1.63. The van der Waals surface area contributed by atoms with Gasteiger partial charge in [0.1, 0.15) is 0 Å². The third kappa shape index (κ3) is 2.95. The van der Waals surface area contributed by atoms with Crippen molar-refractivity contribution in [3.63, 3.8) is 0 Å². The van der Waals surface area contributed by atoms with Crippen molar-refractivity contribution in [3.05, 3.63) is 10.6 Å². The molecule has 0 spiro atoms. The van der Waals surface area contributed by atoms with Gasteiger partial charge in [-0.2, -0.15) is 0 Å². The van der Waals surface area contributed by atoms with E-state index < -0.39 is 0 Å². The zero-order valence-corrected chi connectivity index (χ0v) is 13.2. The molecule has 1 fully saturated rings. The van der Waals surface area contributed by atoms with Crippen LogP contribution in [0.1, 0.15) is 57.0 Å². The second-order valence-corrected chi connectivity index (χ2v) is 6.63. The molecular formula is C15H26N2OS. The van der Waals surface area contributed by atoms with Gasteiger partial charge in [-0.1, -0.05) is 44.9 Å². The lowest BCUT2D eigenvalue weighted by Crippen LogP contribution is -2.39. The molecule has 2 heterocycles. The Hall–Kier alpha value is -0.610. The highest BCUT2D eigenvalue weighted by Gasteiger charge is 2.32. The van der Waals surface area contributed by atoms with Crippen molar-refractivity contribution >= 4 is 16.5 Å². The first kappa shape index (κ1) is 14.8. The molecule has 0 atom stereocenters. The minimum absolute atomic E-state index is 0.128. The first-order valence-corrected chi connectivity index (χ1v) is 8.34. The molecule has 2 rings (SSSR count). The molecule has 4 heteroatoms. The van der Waals surface area contributed by atoms with E-state index in [0.717, 1.165) is 35.2 Å². The number of piperidine rings is 1. The van der Waals surface area contributed by atoms with Gasteiger partial charge in [0.15, 0.2) is 5.13 Å². The highest BCUT2D eigenvalue weighted by atomic mass is 32.1. The topological polar surface area (TPSA) is 36.4 Å². The third-order valence-electron chi connectivity index (χ3n) is 4.84. The number of rotatable bonds is 5. The summed E-state index contributed by atoms with van der Waals surface area (Å²) in [5, 5.41) is 10.5. The van der Waals surface area contributed by atoms with E-state index in [1.54, 1.807) is 11.3 Å². The number of aromatic nitrogens is 1. The lowest BCUT2D eigenvalue weighted by atomic mass is 9.74. The Labute approximate surface area is 120 Å². The lowest BCUT2D eigenvalue weighted by molar-refractivity contribution is 0.199. The monoisotopic (exact) mass is 282 g/mol. The van der Waals surface area contributed by atoms with Crippen LogP contribution in [0.2, 0.25) is 0 Å². The van der Waals surface area contributed by atoms with Crippen molar-refractivity contribution in [1.29, 1.82) is 0 Å². The van der Waals surface area contributed by atoms with Crippen molar-refractivity contribution in [2.75, 3.05) is 18.0 Å². The molecule has 1 saturated heterocycles. The van der Waals surface area contributed by atoms with Crippen LogP contribution in [0, 0.1) is 5.41 Å². The van der Waals surface area contributed by atoms with Crippen LogP contribution in [0.15, 0.2) is 0 Å². The zero-order valence-electron chi connectivity index (χ0n) is 12.4. The molecule has 0 bridgehead atoms. The Balaban J connectivity index is 2.07. The van der Waals surface area contributed by atoms with E-state index in [0.29, 0.717) is 5.41 Å². The number of aliphatic hydroxyl groups is 1. The Morgan fingerprint density at radius 1 is 1.21 bits per heavy atom. The van der Waals surface area contributed by atoms with Gasteiger partial charge in [-0.15, -0.1) is 0 Å². The summed E-state index contributed by atoms with van der Waals surface area (Å²) < 4.78 is 0. The summed E-state index contributed by atoms with van der Waals surface area (Å²) in [5.74, 6) is 0. The van der Waals surface area contributed by atoms with Gasteiger partial charge in [0.2, 0.25) is 0 Å². The van der Waals surface area contributed by atoms with E-state index in [9.17, 15) is 5.11 Å². The summed E-state index contributed by atoms with van der Waals surface area (Å²) in [4.78, 5) is 8.16. The molecule has 0 aliphatic carbocycles. The summed E-state index contributed by atoms with van der Waals surface area (Å²) in [6.45, 7) is 9.10. The molecule has 0 unspecified atom stereocenters. The van der Waals surface area contributed by atoms with Crippen LogP contribution in [-0.4, -0.2) is 23.2 Å². The van der Waals surface area contributed by atoms with E-state index >= 15 is 0 Å². The van der Waals surface area contributed by atoms with Crippen LogP contribution >= 0.6 is 11.3 Å². The van der Waals surface area contributed by atoms with Gasteiger partial charge in [-0.3, -0.25) is 0 Å². The van der Waals surface area contributed by atoms with Gasteiger partial charge < -0.3 is 10.0 Å². The van der Waals surface area contributed by atoms with Crippen molar-refractivity contribution in [2.45, 2.75) is 59.5 Å². The van der Waals surface area contributed by atoms with Crippen molar-refractivity contribution in [3.8, 4) is 0 Å². The summed E-state index contributed by atoms with van der Waals surface area (Å²) in [6.07, 6.45) is 6.04. The number of aryl methyl sites for hydroxylation is 1. The quantitative estimate of drug-likeness (QED) is 0.896.